The highest BCUT2D eigenvalue weighted by molar-refractivity contribution is 7.81. The summed E-state index contributed by atoms with van der Waals surface area (Å²) in [4.78, 5) is 66.4. The van der Waals surface area contributed by atoms with Gasteiger partial charge >= 0.3 is 6.18 Å². The maximum Gasteiger partial charge on any atom is 0.419 e. The van der Waals surface area contributed by atoms with Crippen molar-refractivity contribution in [2.45, 2.75) is 96.7 Å². The number of halogens is 3. The zero-order chi connectivity index (χ0) is 50.1. The van der Waals surface area contributed by atoms with Gasteiger partial charge in [-0.1, -0.05) is 45.0 Å². The molecule has 3 N–H and O–H groups in total. The lowest BCUT2D eigenvalue weighted by atomic mass is 9.85. The molecule has 0 spiro atoms. The fraction of sp³-hybridized carbons (Fsp3) is 0.458. The van der Waals surface area contributed by atoms with E-state index in [1.807, 2.05) is 45.0 Å². The van der Waals surface area contributed by atoms with Crippen LogP contribution < -0.4 is 25.2 Å². The molecule has 4 aromatic rings. The van der Waals surface area contributed by atoms with E-state index >= 15 is 0 Å². The van der Waals surface area contributed by atoms with Gasteiger partial charge in [0, 0.05) is 51.2 Å². The highest BCUT2D eigenvalue weighted by atomic mass is 32.1. The molecule has 69 heavy (non-hydrogen) atoms. The van der Waals surface area contributed by atoms with Gasteiger partial charge in [-0.05, 0) is 92.2 Å². The molecule has 2 aliphatic heterocycles. The second-order valence-corrected chi connectivity index (χ2v) is 19.4. The fourth-order valence-corrected chi connectivity index (χ4v) is 8.98. The number of nitriles is 1. The lowest BCUT2D eigenvalue weighted by Gasteiger charge is -2.35. The van der Waals surface area contributed by atoms with Crippen LogP contribution in [0.4, 0.5) is 24.5 Å². The summed E-state index contributed by atoms with van der Waals surface area (Å²) < 4.78 is 58.1. The third-order valence-electron chi connectivity index (χ3n) is 11.5. The van der Waals surface area contributed by atoms with Gasteiger partial charge in [0.25, 0.3) is 5.91 Å². The second-order valence-electron chi connectivity index (χ2n) is 18.1. The van der Waals surface area contributed by atoms with Gasteiger partial charge in [0.1, 0.15) is 36.0 Å². The Bertz CT molecular complexity index is 2500. The van der Waals surface area contributed by atoms with Gasteiger partial charge in [0.2, 0.25) is 17.7 Å². The summed E-state index contributed by atoms with van der Waals surface area (Å²) in [6.45, 7) is 10.1. The number of carbonyl (C=O) groups is 4. The maximum absolute atomic E-state index is 13.9. The molecule has 0 radical (unpaired) electrons. The number of carbonyl (C=O) groups excluding carboxylic acids is 4. The first kappa shape index (κ1) is 52.3. The second kappa shape index (κ2) is 22.6. The van der Waals surface area contributed by atoms with Crippen molar-refractivity contribution in [3.8, 4) is 22.3 Å². The molecule has 2 aromatic carbocycles. The molecule has 2 aromatic heterocycles. The molecule has 4 amide bonds. The van der Waals surface area contributed by atoms with Gasteiger partial charge in [0.05, 0.1) is 40.5 Å². The monoisotopic (exact) mass is 992 g/mol. The van der Waals surface area contributed by atoms with Crippen molar-refractivity contribution in [1.29, 1.82) is 5.26 Å². The van der Waals surface area contributed by atoms with Gasteiger partial charge in [-0.3, -0.25) is 29.1 Å². The first-order valence-electron chi connectivity index (χ1n) is 22.3. The first-order chi connectivity index (χ1) is 32.7. The first-order valence-corrected chi connectivity index (χ1v) is 23.6. The number of nitrogens with zero attached hydrogens (tertiary/aromatic N) is 6. The molecule has 6 rings (SSSR count). The maximum atomic E-state index is 13.9. The number of alkyl halides is 3. The van der Waals surface area contributed by atoms with Crippen LogP contribution in [0, 0.1) is 16.7 Å². The minimum absolute atomic E-state index is 0.0355. The predicted octanol–water partition coefficient (Wildman–Crippen LogP) is 6.40. The number of aromatic nitrogens is 2. The van der Waals surface area contributed by atoms with Crippen LogP contribution >= 0.6 is 23.6 Å². The number of ether oxygens (including phenoxy) is 3. The Morgan fingerprint density at radius 1 is 0.986 bits per heavy atom. The number of thiazole rings is 1. The summed E-state index contributed by atoms with van der Waals surface area (Å²) in [7, 11) is 0. The Kier molecular flexibility index (Phi) is 17.1. The SMILES string of the molecule is CC(C)(C)C(NC(=O)COCCCOCCCCOc1ccc(N2C(=S)N(c3cnc(C#N)c(C(F)(F)F)c3)C(=O)C2(C)C)cc1)C(=O)N1C[C@H](O)C[C@H]1C(=O)NCc1ccc(-c2cncs2)cc1. The third kappa shape index (κ3) is 13.0. The van der Waals surface area contributed by atoms with Crippen molar-refractivity contribution >= 4 is 63.7 Å². The number of anilines is 2. The van der Waals surface area contributed by atoms with Crippen LogP contribution in [-0.2, 0) is 41.4 Å². The van der Waals surface area contributed by atoms with Crippen molar-refractivity contribution in [2.24, 2.45) is 5.41 Å². The van der Waals surface area contributed by atoms with Crippen LogP contribution in [0.3, 0.4) is 0 Å². The molecular weight excluding hydrogens is 938 g/mol. The van der Waals surface area contributed by atoms with Crippen molar-refractivity contribution < 1.29 is 51.7 Å². The number of hydrogen-bond donors (Lipinski definition) is 3. The summed E-state index contributed by atoms with van der Waals surface area (Å²) in [6, 6.07) is 14.8. The quantitative estimate of drug-likeness (QED) is 0.0650. The van der Waals surface area contributed by atoms with E-state index < -0.39 is 70.2 Å². The number of aliphatic hydroxyl groups is 1. The van der Waals surface area contributed by atoms with E-state index in [1.54, 1.807) is 49.8 Å². The molecule has 0 aliphatic carbocycles. The van der Waals surface area contributed by atoms with Gasteiger partial charge in [-0.25, -0.2) is 4.98 Å². The number of nitrogens with one attached hydrogen (secondary N) is 2. The van der Waals surface area contributed by atoms with E-state index in [1.165, 1.54) is 27.2 Å². The van der Waals surface area contributed by atoms with Gasteiger partial charge in [-0.15, -0.1) is 11.3 Å². The summed E-state index contributed by atoms with van der Waals surface area (Å²) in [5, 5.41) is 25.3. The molecule has 368 valence electrons. The van der Waals surface area contributed by atoms with Crippen molar-refractivity contribution in [3.05, 3.63) is 89.3 Å². The number of pyridine rings is 1. The summed E-state index contributed by atoms with van der Waals surface area (Å²) in [5.74, 6) is -1.35. The van der Waals surface area contributed by atoms with Crippen LogP contribution in [0.15, 0.2) is 72.5 Å². The predicted molar refractivity (Wildman–Crippen MR) is 255 cm³/mol. The van der Waals surface area contributed by atoms with E-state index in [2.05, 4.69) is 20.6 Å². The number of rotatable bonds is 20. The Labute approximate surface area is 407 Å². The molecule has 21 heteroatoms. The molecule has 0 saturated carbocycles. The smallest absolute Gasteiger partial charge is 0.419 e. The molecule has 1 unspecified atom stereocenters. The Hall–Kier alpha value is -6.05. The van der Waals surface area contributed by atoms with Crippen molar-refractivity contribution in [3.63, 3.8) is 0 Å². The Morgan fingerprint density at radius 2 is 1.67 bits per heavy atom. The average molecular weight is 993 g/mol. The van der Waals surface area contributed by atoms with Gasteiger partial charge < -0.3 is 39.8 Å². The van der Waals surface area contributed by atoms with Crippen LogP contribution in [0.25, 0.3) is 10.4 Å². The minimum Gasteiger partial charge on any atom is -0.494 e. The van der Waals surface area contributed by atoms with E-state index in [0.29, 0.717) is 56.6 Å². The standard InChI is InChI=1S/C48H55F3N8O8S2/c1-46(2,3)41(43(63)57-27-34(60)22-38(57)42(62)55-24-30-9-11-31(12-10-30)39-26-53-29-69-39)56-40(61)28-66-19-8-18-65-17-6-7-20-67-35-15-13-32(14-16-35)59-45(68)58(44(64)47(59,4)5)33-21-36(48(49,50)51)37(23-52)54-25-33/h9-16,21,25-26,29,34,38,41,60H,6-8,17-20,22,24,27-28H2,1-5H3,(H,55,62)(H,56,61)/t34-,38+,41?/m1/s1. The molecule has 2 fully saturated rings. The van der Waals surface area contributed by atoms with E-state index in [4.69, 9.17) is 31.7 Å². The van der Waals surface area contributed by atoms with Crippen molar-refractivity contribution in [1.82, 2.24) is 25.5 Å². The molecule has 3 atom stereocenters. The number of hydrogen-bond acceptors (Lipinski definition) is 13. The number of likely N-dealkylation sites (tertiary alicyclic amines) is 1. The Morgan fingerprint density at radius 3 is 2.32 bits per heavy atom. The molecular formula is C48H55F3N8O8S2. The summed E-state index contributed by atoms with van der Waals surface area (Å²) >= 11 is 7.12. The van der Waals surface area contributed by atoms with Gasteiger partial charge in [0.15, 0.2) is 10.8 Å². The number of β-amino-alcohol motifs (C(OH)–C–C–N with tert-alkyl or cyclic N) is 1. The number of amides is 4. The lowest BCUT2D eigenvalue weighted by molar-refractivity contribution is -0.144. The molecule has 2 aliphatic rings. The number of benzene rings is 2. The number of aliphatic hydroxyl groups excluding tert-OH is 1. The zero-order valence-electron chi connectivity index (χ0n) is 38.9. The lowest BCUT2D eigenvalue weighted by Crippen LogP contribution is -2.58. The minimum atomic E-state index is -4.86. The van der Waals surface area contributed by atoms with Crippen LogP contribution in [0.1, 0.15) is 77.1 Å². The van der Waals surface area contributed by atoms with Crippen LogP contribution in [0.2, 0.25) is 0 Å². The molecule has 16 nitrogen and oxygen atoms in total. The highest BCUT2D eigenvalue weighted by Gasteiger charge is 2.51. The number of thiocarbonyl (C=S) groups is 1. The highest BCUT2D eigenvalue weighted by Crippen LogP contribution is 2.39. The van der Waals surface area contributed by atoms with E-state index in [0.717, 1.165) is 27.1 Å². The average Bonchev–Trinajstić information content (AvgIpc) is 4.03. The summed E-state index contributed by atoms with van der Waals surface area (Å²) in [5.41, 5.74) is -0.0734. The zero-order valence-corrected chi connectivity index (χ0v) is 40.5. The third-order valence-corrected chi connectivity index (χ3v) is 12.7. The molecule has 2 saturated heterocycles. The van der Waals surface area contributed by atoms with Crippen molar-refractivity contribution in [2.75, 3.05) is 49.4 Å². The normalized spacial score (nSPS) is 17.5. The van der Waals surface area contributed by atoms with Crippen LogP contribution in [0.5, 0.6) is 5.75 Å². The number of unbranched alkanes of at least 4 members (excludes halogenated alkanes) is 1. The largest absolute Gasteiger partial charge is 0.494 e. The summed E-state index contributed by atoms with van der Waals surface area (Å²) in [6.07, 6.45) is -0.954. The molecule has 4 heterocycles. The molecule has 0 bridgehead atoms. The van der Waals surface area contributed by atoms with E-state index in [9.17, 15) is 37.5 Å². The van der Waals surface area contributed by atoms with E-state index in [-0.39, 0.29) is 43.5 Å². The van der Waals surface area contributed by atoms with Crippen LogP contribution in [-0.4, -0.2) is 112 Å². The fourth-order valence-electron chi connectivity index (χ4n) is 7.83. The topological polar surface area (TPSA) is 200 Å². The van der Waals surface area contributed by atoms with Gasteiger partial charge in [-0.2, -0.15) is 18.4 Å². The Balaban J connectivity index is 0.865.